The molecule has 7 heteroatoms. The van der Waals surface area contributed by atoms with Crippen LogP contribution in [0.15, 0.2) is 29.3 Å². The van der Waals surface area contributed by atoms with Crippen LogP contribution in [0.25, 0.3) is 11.1 Å². The van der Waals surface area contributed by atoms with Crippen LogP contribution in [0, 0.1) is 22.7 Å². The summed E-state index contributed by atoms with van der Waals surface area (Å²) in [6.07, 6.45) is 3.19. The van der Waals surface area contributed by atoms with Gasteiger partial charge in [-0.05, 0) is 30.5 Å². The first kappa shape index (κ1) is 17.8. The number of phenols is 1. The number of nitriles is 2. The van der Waals surface area contributed by atoms with Crippen molar-refractivity contribution >= 4 is 23.4 Å². The Morgan fingerprint density at radius 3 is 2.46 bits per heavy atom. The fourth-order valence-corrected chi connectivity index (χ4v) is 4.32. The monoisotopic (exact) mass is 365 g/mol. The van der Waals surface area contributed by atoms with Gasteiger partial charge in [0.15, 0.2) is 5.03 Å². The summed E-state index contributed by atoms with van der Waals surface area (Å²) < 4.78 is 0. The minimum atomic E-state index is -0.216. The number of nitrogens with zero attached hydrogens (tertiary/aromatic N) is 2. The number of Topliss-reactive ketones (excluding diaryl/α,β-unsaturated/α-hetero) is 1. The molecule has 0 amide bonds. The van der Waals surface area contributed by atoms with Gasteiger partial charge in [0.2, 0.25) is 0 Å². The van der Waals surface area contributed by atoms with Crippen LogP contribution >= 0.6 is 11.8 Å². The van der Waals surface area contributed by atoms with Crippen LogP contribution in [0.1, 0.15) is 36.8 Å². The van der Waals surface area contributed by atoms with E-state index in [1.807, 2.05) is 6.07 Å². The molecule has 1 aromatic heterocycles. The lowest BCUT2D eigenvalue weighted by molar-refractivity contribution is -0.410. The Balaban J connectivity index is 2.15. The molecule has 0 radical (unpaired) electrons. The van der Waals surface area contributed by atoms with Crippen molar-refractivity contribution in [2.45, 2.75) is 36.0 Å². The molecule has 0 unspecified atom stereocenters. The summed E-state index contributed by atoms with van der Waals surface area (Å²) >= 11 is 1.30. The molecular weight excluding hydrogens is 348 g/mol. The van der Waals surface area contributed by atoms with E-state index in [4.69, 9.17) is 5.73 Å². The Hall–Kier alpha value is -3.03. The van der Waals surface area contributed by atoms with Crippen LogP contribution in [0.3, 0.4) is 0 Å². The third kappa shape index (κ3) is 3.35. The van der Waals surface area contributed by atoms with E-state index in [1.165, 1.54) is 23.9 Å². The van der Waals surface area contributed by atoms with Gasteiger partial charge in [0.1, 0.15) is 34.8 Å². The molecular formula is C19H17N4O2S+. The van der Waals surface area contributed by atoms with E-state index in [0.717, 1.165) is 19.3 Å². The highest BCUT2D eigenvalue weighted by molar-refractivity contribution is 8.00. The van der Waals surface area contributed by atoms with Crippen molar-refractivity contribution in [3.05, 3.63) is 35.4 Å². The van der Waals surface area contributed by atoms with E-state index >= 15 is 0 Å². The number of ketones is 1. The summed E-state index contributed by atoms with van der Waals surface area (Å²) in [6.45, 7) is 0. The number of thioether (sulfide) groups is 1. The number of rotatable bonds is 3. The molecule has 1 fully saturated rings. The molecule has 0 spiro atoms. The van der Waals surface area contributed by atoms with Crippen molar-refractivity contribution in [1.29, 1.82) is 10.5 Å². The fraction of sp³-hybridized carbons (Fsp3) is 0.263. The molecule has 1 aromatic carbocycles. The van der Waals surface area contributed by atoms with E-state index in [1.54, 1.807) is 12.1 Å². The Bertz CT molecular complexity index is 942. The Kier molecular flexibility index (Phi) is 5.11. The number of aromatic amines is 1. The van der Waals surface area contributed by atoms with Gasteiger partial charge in [0.25, 0.3) is 5.82 Å². The van der Waals surface area contributed by atoms with Crippen LogP contribution in [0.5, 0.6) is 5.75 Å². The van der Waals surface area contributed by atoms with Gasteiger partial charge in [-0.25, -0.2) is 4.98 Å². The van der Waals surface area contributed by atoms with E-state index in [2.05, 4.69) is 11.1 Å². The summed E-state index contributed by atoms with van der Waals surface area (Å²) in [4.78, 5) is 15.1. The van der Waals surface area contributed by atoms with Crippen molar-refractivity contribution < 1.29 is 14.9 Å². The van der Waals surface area contributed by atoms with E-state index in [0.29, 0.717) is 22.6 Å². The van der Waals surface area contributed by atoms with Crippen molar-refractivity contribution in [2.75, 3.05) is 5.73 Å². The van der Waals surface area contributed by atoms with Gasteiger partial charge in [-0.2, -0.15) is 10.5 Å². The average Bonchev–Trinajstić information content (AvgIpc) is 2.64. The Labute approximate surface area is 155 Å². The van der Waals surface area contributed by atoms with Crippen molar-refractivity contribution in [3.8, 4) is 29.0 Å². The van der Waals surface area contributed by atoms with Crippen molar-refractivity contribution in [2.24, 2.45) is 0 Å². The molecule has 4 N–H and O–H groups in total. The Morgan fingerprint density at radius 1 is 1.15 bits per heavy atom. The molecule has 1 aliphatic rings. The summed E-state index contributed by atoms with van der Waals surface area (Å²) in [5.41, 5.74) is 7.50. The second-order valence-corrected chi connectivity index (χ2v) is 7.29. The molecule has 1 atom stereocenters. The number of carbonyl (C=O) groups is 1. The third-order valence-corrected chi connectivity index (χ3v) is 5.71. The number of aromatic hydroxyl groups is 1. The standard InChI is InChI=1S/C19H16N4O2S/c20-9-13-17(11-5-7-12(24)8-6-11)14(10-21)19(23-18(13)22)26-16-4-2-1-3-15(16)25/h5-8,16,24H,1-4H2,(H2,22,23)/p+1/t16-/m0/s1. The summed E-state index contributed by atoms with van der Waals surface area (Å²) in [5.74, 6) is 0.414. The molecule has 26 heavy (non-hydrogen) atoms. The fourth-order valence-electron chi connectivity index (χ4n) is 3.07. The molecule has 1 saturated carbocycles. The quantitative estimate of drug-likeness (QED) is 0.861. The van der Waals surface area contributed by atoms with Gasteiger partial charge in [0.05, 0.1) is 5.25 Å². The highest BCUT2D eigenvalue weighted by Crippen LogP contribution is 2.37. The van der Waals surface area contributed by atoms with Crippen molar-refractivity contribution in [3.63, 3.8) is 0 Å². The molecule has 0 aliphatic heterocycles. The van der Waals surface area contributed by atoms with Crippen LogP contribution in [0.2, 0.25) is 0 Å². The van der Waals surface area contributed by atoms with Gasteiger partial charge < -0.3 is 5.11 Å². The largest absolute Gasteiger partial charge is 0.508 e. The number of carbonyl (C=O) groups excluding carboxylic acids is 1. The maximum absolute atomic E-state index is 12.2. The average molecular weight is 365 g/mol. The van der Waals surface area contributed by atoms with Gasteiger partial charge in [-0.1, -0.05) is 30.3 Å². The summed E-state index contributed by atoms with van der Waals surface area (Å²) in [5, 5.41) is 29.1. The molecule has 6 nitrogen and oxygen atoms in total. The lowest BCUT2D eigenvalue weighted by Crippen LogP contribution is -2.25. The molecule has 1 aliphatic carbocycles. The number of nitrogen functional groups attached to an aromatic ring is 1. The number of pyridine rings is 1. The second-order valence-electron chi connectivity index (χ2n) is 6.08. The number of nitrogens with one attached hydrogen (secondary N) is 1. The maximum atomic E-state index is 12.2. The molecule has 2 aromatic rings. The van der Waals surface area contributed by atoms with Crippen LogP contribution in [-0.2, 0) is 4.79 Å². The number of hydrogen-bond donors (Lipinski definition) is 2. The SMILES string of the molecule is N#Cc1c(N)[nH+]c(S[C@H]2CCCCC2=O)c(C#N)c1-c1ccc(O)cc1. The number of benzene rings is 1. The van der Waals surface area contributed by atoms with Gasteiger partial charge in [0, 0.05) is 12.0 Å². The van der Waals surface area contributed by atoms with Crippen molar-refractivity contribution in [1.82, 2.24) is 0 Å². The zero-order valence-corrected chi connectivity index (χ0v) is 14.8. The number of H-pyrrole nitrogens is 1. The van der Waals surface area contributed by atoms with Crippen LogP contribution in [0.4, 0.5) is 5.82 Å². The first-order valence-corrected chi connectivity index (χ1v) is 9.10. The minimum absolute atomic E-state index is 0.0867. The van der Waals surface area contributed by atoms with Gasteiger partial charge >= 0.3 is 0 Å². The first-order valence-electron chi connectivity index (χ1n) is 8.23. The zero-order chi connectivity index (χ0) is 18.7. The van der Waals surface area contributed by atoms with Crippen LogP contribution < -0.4 is 10.7 Å². The van der Waals surface area contributed by atoms with E-state index < -0.39 is 0 Å². The molecule has 130 valence electrons. The van der Waals surface area contributed by atoms with Gasteiger partial charge in [-0.15, -0.1) is 0 Å². The second kappa shape index (κ2) is 7.47. The third-order valence-electron chi connectivity index (χ3n) is 4.38. The number of phenolic OH excluding ortho intramolecular Hbond substituents is 1. The first-order chi connectivity index (χ1) is 12.5. The molecule has 1 heterocycles. The normalized spacial score (nSPS) is 16.7. The highest BCUT2D eigenvalue weighted by atomic mass is 32.2. The summed E-state index contributed by atoms with van der Waals surface area (Å²) in [6, 6.07) is 10.4. The van der Waals surface area contributed by atoms with Gasteiger partial charge in [-0.3, -0.25) is 10.5 Å². The number of nitrogens with two attached hydrogens (primary N) is 1. The van der Waals surface area contributed by atoms with Crippen LogP contribution in [-0.4, -0.2) is 16.1 Å². The molecule has 0 bridgehead atoms. The zero-order valence-electron chi connectivity index (χ0n) is 14.0. The number of aromatic nitrogens is 1. The van der Waals surface area contributed by atoms with E-state index in [-0.39, 0.29) is 33.7 Å². The maximum Gasteiger partial charge on any atom is 0.289 e. The minimum Gasteiger partial charge on any atom is -0.508 e. The molecule has 0 saturated heterocycles. The predicted molar refractivity (Wildman–Crippen MR) is 97.1 cm³/mol. The summed E-state index contributed by atoms with van der Waals surface area (Å²) in [7, 11) is 0. The smallest absolute Gasteiger partial charge is 0.289 e. The predicted octanol–water partition coefficient (Wildman–Crippen LogP) is 2.80. The lowest BCUT2D eigenvalue weighted by atomic mass is 9.97. The topological polar surface area (TPSA) is 125 Å². The number of anilines is 1. The van der Waals surface area contributed by atoms with E-state index in [9.17, 15) is 20.4 Å². The molecule has 3 rings (SSSR count). The lowest BCUT2D eigenvalue weighted by Gasteiger charge is -2.19. The number of hydrogen-bond acceptors (Lipinski definition) is 6. The highest BCUT2D eigenvalue weighted by Gasteiger charge is 2.29. The Morgan fingerprint density at radius 2 is 1.85 bits per heavy atom.